The van der Waals surface area contributed by atoms with Crippen LogP contribution in [0.4, 0.5) is 0 Å². The molecule has 9 heteroatoms. The lowest BCUT2D eigenvalue weighted by Crippen LogP contribution is -2.51. The van der Waals surface area contributed by atoms with E-state index in [4.69, 9.17) is 14.6 Å². The molecular weight excluding hydrogens is 326 g/mol. The molecule has 2 atom stereocenters. The zero-order chi connectivity index (χ0) is 17.5. The lowest BCUT2D eigenvalue weighted by Gasteiger charge is -2.32. The van der Waals surface area contributed by atoms with E-state index in [1.807, 2.05) is 0 Å². The highest BCUT2D eigenvalue weighted by Crippen LogP contribution is 2.18. The summed E-state index contributed by atoms with van der Waals surface area (Å²) in [6.45, 7) is 1.42. The Kier molecular flexibility index (Phi) is 5.91. The number of amides is 1. The number of aliphatic hydroxyl groups excluding tert-OH is 1. The topological polar surface area (TPSA) is 111 Å². The number of aromatic nitrogens is 4. The van der Waals surface area contributed by atoms with Gasteiger partial charge in [0.15, 0.2) is 0 Å². The molecule has 3 rings (SSSR count). The van der Waals surface area contributed by atoms with Crippen LogP contribution in [0.5, 0.6) is 5.75 Å². The fraction of sp³-hybridized carbons (Fsp3) is 0.500. The number of rotatable bonds is 7. The van der Waals surface area contributed by atoms with Gasteiger partial charge in [-0.25, -0.2) is 4.68 Å². The molecule has 2 N–H and O–H groups in total. The van der Waals surface area contributed by atoms with Crippen molar-refractivity contribution in [1.82, 2.24) is 25.5 Å². The Hall–Kier alpha value is -2.52. The van der Waals surface area contributed by atoms with E-state index in [2.05, 4.69) is 20.8 Å². The van der Waals surface area contributed by atoms with E-state index >= 15 is 0 Å². The average molecular weight is 347 g/mol. The van der Waals surface area contributed by atoms with Crippen molar-refractivity contribution in [3.8, 4) is 5.75 Å². The van der Waals surface area contributed by atoms with E-state index in [1.165, 1.54) is 11.0 Å². The van der Waals surface area contributed by atoms with Crippen molar-refractivity contribution in [3.63, 3.8) is 0 Å². The molecule has 1 aromatic carbocycles. The molecule has 0 saturated carbocycles. The summed E-state index contributed by atoms with van der Waals surface area (Å²) in [6.07, 6.45) is 2.20. The summed E-state index contributed by atoms with van der Waals surface area (Å²) in [6, 6.07) is 7.10. The van der Waals surface area contributed by atoms with Crippen molar-refractivity contribution in [1.29, 1.82) is 0 Å². The van der Waals surface area contributed by atoms with E-state index in [-0.39, 0.29) is 24.7 Å². The van der Waals surface area contributed by atoms with E-state index in [0.29, 0.717) is 38.3 Å². The first-order valence-corrected chi connectivity index (χ1v) is 8.19. The fourth-order valence-corrected chi connectivity index (χ4v) is 2.62. The molecule has 0 bridgehead atoms. The van der Waals surface area contributed by atoms with Crippen molar-refractivity contribution in [2.45, 2.75) is 38.1 Å². The molecule has 1 aliphatic heterocycles. The molecule has 134 valence electrons. The van der Waals surface area contributed by atoms with Crippen LogP contribution in [0.25, 0.3) is 0 Å². The molecule has 1 saturated heterocycles. The lowest BCUT2D eigenvalue weighted by atomic mass is 10.1. The van der Waals surface area contributed by atoms with Gasteiger partial charge in [-0.15, -0.1) is 5.10 Å². The SMILES string of the molecule is O=C(CCn1cnnn1)N[C@@H]1CCOC[C@H]1Oc1ccc(CO)cc1. The normalized spacial score (nSPS) is 20.2. The summed E-state index contributed by atoms with van der Waals surface area (Å²) in [7, 11) is 0. The maximum atomic E-state index is 12.2. The highest BCUT2D eigenvalue weighted by molar-refractivity contribution is 5.76. The van der Waals surface area contributed by atoms with Gasteiger partial charge < -0.3 is 19.9 Å². The minimum atomic E-state index is -0.259. The predicted molar refractivity (Wildman–Crippen MR) is 86.6 cm³/mol. The van der Waals surface area contributed by atoms with Crippen molar-refractivity contribution < 1.29 is 19.4 Å². The minimum Gasteiger partial charge on any atom is -0.486 e. The number of tetrazole rings is 1. The first-order chi connectivity index (χ1) is 12.2. The molecule has 1 aromatic heterocycles. The number of aliphatic hydroxyl groups is 1. The summed E-state index contributed by atoms with van der Waals surface area (Å²) in [5.41, 5.74) is 0.819. The second-order valence-electron chi connectivity index (χ2n) is 5.82. The van der Waals surface area contributed by atoms with Crippen LogP contribution < -0.4 is 10.1 Å². The van der Waals surface area contributed by atoms with Gasteiger partial charge in [-0.2, -0.15) is 0 Å². The Morgan fingerprint density at radius 3 is 2.96 bits per heavy atom. The molecule has 1 fully saturated rings. The van der Waals surface area contributed by atoms with Gasteiger partial charge in [0.25, 0.3) is 0 Å². The summed E-state index contributed by atoms with van der Waals surface area (Å²) < 4.78 is 13.0. The number of nitrogens with zero attached hydrogens (tertiary/aromatic N) is 4. The number of carbonyl (C=O) groups excluding carboxylic acids is 1. The van der Waals surface area contributed by atoms with Gasteiger partial charge in [0, 0.05) is 13.0 Å². The van der Waals surface area contributed by atoms with Crippen LogP contribution in [-0.4, -0.2) is 56.6 Å². The van der Waals surface area contributed by atoms with Crippen LogP contribution in [0.2, 0.25) is 0 Å². The van der Waals surface area contributed by atoms with E-state index in [0.717, 1.165) is 5.56 Å². The monoisotopic (exact) mass is 347 g/mol. The summed E-state index contributed by atoms with van der Waals surface area (Å²) in [5.74, 6) is 0.604. The number of hydrogen-bond acceptors (Lipinski definition) is 7. The van der Waals surface area contributed by atoms with E-state index in [1.54, 1.807) is 24.3 Å². The van der Waals surface area contributed by atoms with Crippen LogP contribution in [0, 0.1) is 0 Å². The minimum absolute atomic E-state index is 0.00715. The third-order valence-electron chi connectivity index (χ3n) is 4.00. The largest absolute Gasteiger partial charge is 0.486 e. The van der Waals surface area contributed by atoms with Crippen molar-refractivity contribution in [3.05, 3.63) is 36.2 Å². The first-order valence-electron chi connectivity index (χ1n) is 8.19. The Balaban J connectivity index is 1.53. The fourth-order valence-electron chi connectivity index (χ4n) is 2.62. The molecule has 25 heavy (non-hydrogen) atoms. The Morgan fingerprint density at radius 1 is 1.40 bits per heavy atom. The molecule has 0 aliphatic carbocycles. The van der Waals surface area contributed by atoms with Gasteiger partial charge in [-0.05, 0) is 34.5 Å². The van der Waals surface area contributed by atoms with Crippen LogP contribution in [-0.2, 0) is 22.7 Å². The number of hydrogen-bond donors (Lipinski definition) is 2. The molecular formula is C16H21N5O4. The first kappa shape index (κ1) is 17.3. The van der Waals surface area contributed by atoms with Crippen LogP contribution in [0.15, 0.2) is 30.6 Å². The van der Waals surface area contributed by atoms with Gasteiger partial charge in [0.1, 0.15) is 18.2 Å². The molecule has 1 aliphatic rings. The predicted octanol–water partition coefficient (Wildman–Crippen LogP) is -0.0918. The van der Waals surface area contributed by atoms with Crippen LogP contribution in [0.1, 0.15) is 18.4 Å². The number of carbonyl (C=O) groups is 1. The Labute approximate surface area is 144 Å². The molecule has 2 aromatic rings. The number of ether oxygens (including phenoxy) is 2. The maximum Gasteiger partial charge on any atom is 0.222 e. The van der Waals surface area contributed by atoms with Crippen LogP contribution >= 0.6 is 0 Å². The summed E-state index contributed by atoms with van der Waals surface area (Å²) >= 11 is 0. The third kappa shape index (κ3) is 4.97. The zero-order valence-electron chi connectivity index (χ0n) is 13.7. The third-order valence-corrected chi connectivity index (χ3v) is 4.00. The smallest absolute Gasteiger partial charge is 0.222 e. The Bertz CT molecular complexity index is 662. The van der Waals surface area contributed by atoms with Crippen LogP contribution in [0.3, 0.4) is 0 Å². The summed E-state index contributed by atoms with van der Waals surface area (Å²) in [4.78, 5) is 12.2. The van der Waals surface area contributed by atoms with E-state index < -0.39 is 0 Å². The Morgan fingerprint density at radius 2 is 2.24 bits per heavy atom. The lowest BCUT2D eigenvalue weighted by molar-refractivity contribution is -0.124. The molecule has 9 nitrogen and oxygen atoms in total. The average Bonchev–Trinajstić information content (AvgIpc) is 3.16. The van der Waals surface area contributed by atoms with E-state index in [9.17, 15) is 4.79 Å². The highest BCUT2D eigenvalue weighted by atomic mass is 16.5. The number of benzene rings is 1. The molecule has 1 amide bonds. The second-order valence-corrected chi connectivity index (χ2v) is 5.82. The van der Waals surface area contributed by atoms with Crippen molar-refractivity contribution in [2.24, 2.45) is 0 Å². The maximum absolute atomic E-state index is 12.2. The van der Waals surface area contributed by atoms with Gasteiger partial charge in [0.05, 0.1) is 25.8 Å². The van der Waals surface area contributed by atoms with Crippen molar-refractivity contribution >= 4 is 5.91 Å². The standard InChI is InChI=1S/C16H21N5O4/c22-9-12-1-3-13(4-2-12)25-15-10-24-8-6-14(15)18-16(23)5-7-21-11-17-19-20-21/h1-4,11,14-15,22H,5-10H2,(H,18,23)/t14-,15-/m1/s1. The van der Waals surface area contributed by atoms with Crippen molar-refractivity contribution in [2.75, 3.05) is 13.2 Å². The number of nitrogens with one attached hydrogen (secondary N) is 1. The highest BCUT2D eigenvalue weighted by Gasteiger charge is 2.28. The molecule has 0 spiro atoms. The van der Waals surface area contributed by atoms with Gasteiger partial charge in [0.2, 0.25) is 5.91 Å². The summed E-state index contributed by atoms with van der Waals surface area (Å²) in [5, 5.41) is 22.9. The molecule has 0 radical (unpaired) electrons. The zero-order valence-corrected chi connectivity index (χ0v) is 13.7. The molecule has 0 unspecified atom stereocenters. The quantitative estimate of drug-likeness (QED) is 0.720. The molecule has 2 heterocycles. The van der Waals surface area contributed by atoms with Gasteiger partial charge in [-0.1, -0.05) is 12.1 Å². The second kappa shape index (κ2) is 8.54. The number of aryl methyl sites for hydroxylation is 1. The van der Waals surface area contributed by atoms with Gasteiger partial charge >= 0.3 is 0 Å². The van der Waals surface area contributed by atoms with Gasteiger partial charge in [-0.3, -0.25) is 4.79 Å².